The van der Waals surface area contributed by atoms with Gasteiger partial charge in [-0.05, 0) is 31.2 Å². The molecule has 3 rings (SSSR count). The highest BCUT2D eigenvalue weighted by molar-refractivity contribution is 6.00. The van der Waals surface area contributed by atoms with E-state index in [1.165, 1.54) is 7.11 Å². The fourth-order valence-corrected chi connectivity index (χ4v) is 2.54. The zero-order valence-electron chi connectivity index (χ0n) is 13.0. The van der Waals surface area contributed by atoms with Crippen LogP contribution < -0.4 is 10.4 Å². The van der Waals surface area contributed by atoms with Crippen molar-refractivity contribution >= 4 is 16.8 Å². The molecule has 0 radical (unpaired) electrons. The van der Waals surface area contributed by atoms with E-state index in [2.05, 4.69) is 0 Å². The summed E-state index contributed by atoms with van der Waals surface area (Å²) in [4.78, 5) is 24.6. The van der Waals surface area contributed by atoms with Crippen molar-refractivity contribution in [2.45, 2.75) is 13.3 Å². The molecule has 0 saturated heterocycles. The van der Waals surface area contributed by atoms with Gasteiger partial charge in [-0.25, -0.2) is 4.79 Å². The number of aryl methyl sites for hydroxylation is 1. The maximum atomic E-state index is 12.6. The number of fused-ring (bicyclic) bond motifs is 1. The number of ether oxygens (including phenoxy) is 1. The lowest BCUT2D eigenvalue weighted by atomic mass is 10.0. The Morgan fingerprint density at radius 1 is 1.13 bits per heavy atom. The van der Waals surface area contributed by atoms with Crippen molar-refractivity contribution in [3.8, 4) is 5.75 Å². The van der Waals surface area contributed by atoms with E-state index in [4.69, 9.17) is 9.15 Å². The van der Waals surface area contributed by atoms with Crippen LogP contribution in [0.3, 0.4) is 0 Å². The number of carbonyl (C=O) groups is 1. The molecule has 0 saturated carbocycles. The van der Waals surface area contributed by atoms with Crippen molar-refractivity contribution in [3.63, 3.8) is 0 Å². The van der Waals surface area contributed by atoms with Crippen molar-refractivity contribution in [2.75, 3.05) is 7.11 Å². The van der Waals surface area contributed by atoms with Gasteiger partial charge in [0.25, 0.3) is 0 Å². The largest absolute Gasteiger partial charge is 0.496 e. The third kappa shape index (κ3) is 3.01. The number of methoxy groups -OCH3 is 1. The van der Waals surface area contributed by atoms with Crippen LogP contribution >= 0.6 is 0 Å². The average Bonchev–Trinajstić information content (AvgIpc) is 2.55. The van der Waals surface area contributed by atoms with Gasteiger partial charge in [0.2, 0.25) is 0 Å². The number of ketones is 1. The first-order valence-corrected chi connectivity index (χ1v) is 7.28. The molecule has 23 heavy (non-hydrogen) atoms. The first-order chi connectivity index (χ1) is 11.1. The Morgan fingerprint density at radius 2 is 1.91 bits per heavy atom. The molecule has 2 aromatic carbocycles. The molecular formula is C19H16O4. The molecule has 4 nitrogen and oxygen atoms in total. The highest BCUT2D eigenvalue weighted by atomic mass is 16.5. The summed E-state index contributed by atoms with van der Waals surface area (Å²) in [5, 5.41) is 0.797. The summed E-state index contributed by atoms with van der Waals surface area (Å²) < 4.78 is 10.5. The quantitative estimate of drug-likeness (QED) is 0.546. The lowest BCUT2D eigenvalue weighted by Gasteiger charge is -2.08. The standard InChI is InChI=1S/C19H16O4/c1-12-7-8-18(22-2)15(9-12)16(20)11-14-10-13-5-3-4-6-17(13)23-19(14)21/h3-10H,11H2,1-2H3. The van der Waals surface area contributed by atoms with Gasteiger partial charge < -0.3 is 9.15 Å². The highest BCUT2D eigenvalue weighted by Gasteiger charge is 2.16. The first-order valence-electron chi connectivity index (χ1n) is 7.28. The van der Waals surface area contributed by atoms with Crippen LogP contribution in [0.2, 0.25) is 0 Å². The molecule has 0 fully saturated rings. The molecule has 0 aliphatic heterocycles. The number of hydrogen-bond acceptors (Lipinski definition) is 4. The highest BCUT2D eigenvalue weighted by Crippen LogP contribution is 2.22. The van der Waals surface area contributed by atoms with Gasteiger partial charge in [0.1, 0.15) is 11.3 Å². The lowest BCUT2D eigenvalue weighted by Crippen LogP contribution is -2.14. The zero-order valence-corrected chi connectivity index (χ0v) is 13.0. The van der Waals surface area contributed by atoms with E-state index in [1.54, 1.807) is 30.3 Å². The third-order valence-corrected chi connectivity index (χ3v) is 3.72. The minimum atomic E-state index is -0.483. The topological polar surface area (TPSA) is 56.5 Å². The van der Waals surface area contributed by atoms with Gasteiger partial charge in [0, 0.05) is 17.4 Å². The summed E-state index contributed by atoms with van der Waals surface area (Å²) in [5.74, 6) is 0.332. The summed E-state index contributed by atoms with van der Waals surface area (Å²) in [5.41, 5.74) is 1.81. The van der Waals surface area contributed by atoms with Crippen molar-refractivity contribution in [1.82, 2.24) is 0 Å². The average molecular weight is 308 g/mol. The Labute approximate surface area is 133 Å². The van der Waals surface area contributed by atoms with Gasteiger partial charge >= 0.3 is 5.63 Å². The monoisotopic (exact) mass is 308 g/mol. The number of carbonyl (C=O) groups excluding carboxylic acids is 1. The molecule has 116 valence electrons. The molecule has 1 heterocycles. The first kappa shape index (κ1) is 15.0. The summed E-state index contributed by atoms with van der Waals surface area (Å²) in [7, 11) is 1.52. The van der Waals surface area contributed by atoms with E-state index >= 15 is 0 Å². The molecule has 4 heteroatoms. The predicted octanol–water partition coefficient (Wildman–Crippen LogP) is 3.54. The van der Waals surface area contributed by atoms with Crippen LogP contribution in [0.1, 0.15) is 21.5 Å². The van der Waals surface area contributed by atoms with E-state index < -0.39 is 5.63 Å². The molecule has 0 spiro atoms. The Kier molecular flexibility index (Phi) is 3.98. The maximum Gasteiger partial charge on any atom is 0.339 e. The van der Waals surface area contributed by atoms with Crippen molar-refractivity contribution in [1.29, 1.82) is 0 Å². The normalized spacial score (nSPS) is 10.7. The van der Waals surface area contributed by atoms with Crippen LogP contribution in [0.15, 0.2) is 57.7 Å². The van der Waals surface area contributed by atoms with Crippen LogP contribution in [0, 0.1) is 6.92 Å². The van der Waals surface area contributed by atoms with Gasteiger partial charge in [-0.1, -0.05) is 29.8 Å². The summed E-state index contributed by atoms with van der Waals surface area (Å²) in [6.45, 7) is 1.90. The van der Waals surface area contributed by atoms with Crippen LogP contribution in [-0.2, 0) is 6.42 Å². The summed E-state index contributed by atoms with van der Waals surface area (Å²) >= 11 is 0. The van der Waals surface area contributed by atoms with E-state index in [-0.39, 0.29) is 12.2 Å². The van der Waals surface area contributed by atoms with E-state index in [0.717, 1.165) is 10.9 Å². The molecule has 0 atom stereocenters. The number of rotatable bonds is 4. The summed E-state index contributed by atoms with van der Waals surface area (Å²) in [6, 6.07) is 14.3. The van der Waals surface area contributed by atoms with Gasteiger partial charge in [-0.15, -0.1) is 0 Å². The third-order valence-electron chi connectivity index (χ3n) is 3.72. The van der Waals surface area contributed by atoms with Gasteiger partial charge in [0.15, 0.2) is 5.78 Å². The van der Waals surface area contributed by atoms with Gasteiger partial charge in [-0.3, -0.25) is 4.79 Å². The molecular weight excluding hydrogens is 292 g/mol. The van der Waals surface area contributed by atoms with Gasteiger partial charge in [-0.2, -0.15) is 0 Å². The Balaban J connectivity index is 1.99. The van der Waals surface area contributed by atoms with E-state index in [0.29, 0.717) is 22.5 Å². The van der Waals surface area contributed by atoms with Crippen LogP contribution in [0.25, 0.3) is 11.0 Å². The Morgan fingerprint density at radius 3 is 2.70 bits per heavy atom. The minimum Gasteiger partial charge on any atom is -0.496 e. The van der Waals surface area contributed by atoms with Crippen molar-refractivity contribution in [2.24, 2.45) is 0 Å². The molecule has 0 unspecified atom stereocenters. The number of Topliss-reactive ketones (excluding diaryl/α,β-unsaturated/α-hetero) is 1. The maximum absolute atomic E-state index is 12.6. The second kappa shape index (κ2) is 6.08. The Bertz CT molecular complexity index is 937. The number of para-hydroxylation sites is 1. The van der Waals surface area contributed by atoms with Crippen molar-refractivity contribution < 1.29 is 13.9 Å². The second-order valence-corrected chi connectivity index (χ2v) is 5.40. The van der Waals surface area contributed by atoms with E-state index in [1.807, 2.05) is 25.1 Å². The second-order valence-electron chi connectivity index (χ2n) is 5.40. The van der Waals surface area contributed by atoms with Crippen LogP contribution in [-0.4, -0.2) is 12.9 Å². The molecule has 0 N–H and O–H groups in total. The predicted molar refractivity (Wildman–Crippen MR) is 88.2 cm³/mol. The van der Waals surface area contributed by atoms with E-state index in [9.17, 15) is 9.59 Å². The molecule has 3 aromatic rings. The zero-order chi connectivity index (χ0) is 16.4. The molecule has 0 aliphatic rings. The van der Waals surface area contributed by atoms with Gasteiger partial charge in [0.05, 0.1) is 12.7 Å². The molecule has 0 amide bonds. The van der Waals surface area contributed by atoms with Crippen LogP contribution in [0.5, 0.6) is 5.75 Å². The minimum absolute atomic E-state index is 0.0209. The smallest absolute Gasteiger partial charge is 0.339 e. The lowest BCUT2D eigenvalue weighted by molar-refractivity contribution is 0.0989. The van der Waals surface area contributed by atoms with Crippen LogP contribution in [0.4, 0.5) is 0 Å². The number of hydrogen-bond donors (Lipinski definition) is 0. The molecule has 1 aromatic heterocycles. The fourth-order valence-electron chi connectivity index (χ4n) is 2.54. The molecule has 0 aliphatic carbocycles. The number of benzene rings is 2. The summed E-state index contributed by atoms with van der Waals surface area (Å²) in [6.07, 6.45) is -0.0209. The Hall–Kier alpha value is -2.88. The SMILES string of the molecule is COc1ccc(C)cc1C(=O)Cc1cc2ccccc2oc1=O. The van der Waals surface area contributed by atoms with Crippen molar-refractivity contribution in [3.05, 3.63) is 75.6 Å². The fraction of sp³-hybridized carbons (Fsp3) is 0.158. The molecule has 0 bridgehead atoms.